The number of methoxy groups -OCH3 is 1. The monoisotopic (exact) mass is 441 g/mol. The van der Waals surface area contributed by atoms with Gasteiger partial charge in [0, 0.05) is 17.8 Å². The molecule has 0 saturated carbocycles. The number of esters is 1. The van der Waals surface area contributed by atoms with Gasteiger partial charge in [-0.1, -0.05) is 55.5 Å². The van der Waals surface area contributed by atoms with E-state index in [4.69, 9.17) is 4.74 Å². The first-order chi connectivity index (χ1) is 16.0. The summed E-state index contributed by atoms with van der Waals surface area (Å²) in [5, 5.41) is 6.36. The van der Waals surface area contributed by atoms with E-state index in [9.17, 15) is 9.59 Å². The predicted molar refractivity (Wildman–Crippen MR) is 132 cm³/mol. The van der Waals surface area contributed by atoms with E-state index in [0.29, 0.717) is 22.5 Å². The standard InChI is InChI=1S/C27H27N3O3/c1-4-30(2)17-18-10-13-21(14-11-18)28-25(19-8-6-5-7-9-19)24-22-15-12-20(27(32)33-3)16-23(22)29-26(24)31/h5-16,28H,4,17H2,1-3H3,(H,29,31). The zero-order chi connectivity index (χ0) is 23.4. The van der Waals surface area contributed by atoms with Crippen LogP contribution in [0.15, 0.2) is 72.8 Å². The number of benzene rings is 3. The third-order valence-electron chi connectivity index (χ3n) is 5.71. The predicted octanol–water partition coefficient (Wildman–Crippen LogP) is 4.86. The summed E-state index contributed by atoms with van der Waals surface area (Å²) in [4.78, 5) is 27.2. The van der Waals surface area contributed by atoms with Gasteiger partial charge in [-0.3, -0.25) is 4.79 Å². The lowest BCUT2D eigenvalue weighted by Gasteiger charge is -2.16. The molecule has 0 unspecified atom stereocenters. The van der Waals surface area contributed by atoms with Crippen LogP contribution < -0.4 is 10.6 Å². The van der Waals surface area contributed by atoms with Gasteiger partial charge in [0.2, 0.25) is 0 Å². The van der Waals surface area contributed by atoms with Gasteiger partial charge in [0.1, 0.15) is 0 Å². The second-order valence-corrected chi connectivity index (χ2v) is 7.97. The van der Waals surface area contributed by atoms with Crippen molar-refractivity contribution in [3.63, 3.8) is 0 Å². The van der Waals surface area contributed by atoms with Crippen molar-refractivity contribution < 1.29 is 14.3 Å². The molecule has 4 rings (SSSR count). The summed E-state index contributed by atoms with van der Waals surface area (Å²) in [6, 6.07) is 23.1. The van der Waals surface area contributed by atoms with Crippen molar-refractivity contribution in [2.45, 2.75) is 13.5 Å². The molecule has 1 aliphatic rings. The average molecular weight is 442 g/mol. The van der Waals surface area contributed by atoms with Crippen LogP contribution in [-0.4, -0.2) is 37.5 Å². The Labute approximate surface area is 193 Å². The van der Waals surface area contributed by atoms with E-state index in [1.165, 1.54) is 12.7 Å². The highest BCUT2D eigenvalue weighted by Gasteiger charge is 2.29. The Morgan fingerprint density at radius 1 is 1.00 bits per heavy atom. The molecule has 6 heteroatoms. The average Bonchev–Trinajstić information content (AvgIpc) is 3.18. The van der Waals surface area contributed by atoms with Crippen LogP contribution in [0.3, 0.4) is 0 Å². The van der Waals surface area contributed by atoms with E-state index in [1.807, 2.05) is 42.5 Å². The number of amides is 1. The zero-order valence-electron chi connectivity index (χ0n) is 19.0. The number of nitrogens with zero attached hydrogens (tertiary/aromatic N) is 1. The second-order valence-electron chi connectivity index (χ2n) is 7.97. The maximum Gasteiger partial charge on any atom is 0.337 e. The smallest absolute Gasteiger partial charge is 0.337 e. The maximum atomic E-state index is 13.1. The largest absolute Gasteiger partial charge is 0.465 e. The Morgan fingerprint density at radius 2 is 1.73 bits per heavy atom. The van der Waals surface area contributed by atoms with Crippen molar-refractivity contribution >= 4 is 34.5 Å². The molecule has 1 amide bonds. The molecule has 0 bridgehead atoms. The lowest BCUT2D eigenvalue weighted by Crippen LogP contribution is -2.16. The van der Waals surface area contributed by atoms with E-state index < -0.39 is 5.97 Å². The summed E-state index contributed by atoms with van der Waals surface area (Å²) in [6.07, 6.45) is 0. The number of rotatable bonds is 7. The van der Waals surface area contributed by atoms with Gasteiger partial charge in [-0.15, -0.1) is 0 Å². The third kappa shape index (κ3) is 4.81. The Hall–Kier alpha value is -3.90. The van der Waals surface area contributed by atoms with E-state index in [0.717, 1.165) is 29.9 Å². The van der Waals surface area contributed by atoms with Gasteiger partial charge in [-0.05, 0) is 49.0 Å². The van der Waals surface area contributed by atoms with E-state index in [-0.39, 0.29) is 5.91 Å². The molecule has 0 spiro atoms. The summed E-state index contributed by atoms with van der Waals surface area (Å²) in [5.74, 6) is -0.667. The fourth-order valence-electron chi connectivity index (χ4n) is 3.81. The second kappa shape index (κ2) is 9.71. The molecule has 0 radical (unpaired) electrons. The molecule has 0 aromatic heterocycles. The van der Waals surface area contributed by atoms with E-state index >= 15 is 0 Å². The number of ether oxygens (including phenoxy) is 1. The van der Waals surface area contributed by atoms with Crippen LogP contribution in [0.4, 0.5) is 11.4 Å². The van der Waals surface area contributed by atoms with E-state index in [2.05, 4.69) is 41.6 Å². The van der Waals surface area contributed by atoms with Crippen LogP contribution in [0.5, 0.6) is 0 Å². The topological polar surface area (TPSA) is 70.7 Å². The van der Waals surface area contributed by atoms with Gasteiger partial charge < -0.3 is 20.3 Å². The first-order valence-electron chi connectivity index (χ1n) is 10.9. The van der Waals surface area contributed by atoms with Crippen molar-refractivity contribution in [1.82, 2.24) is 4.90 Å². The van der Waals surface area contributed by atoms with Gasteiger partial charge >= 0.3 is 5.97 Å². The van der Waals surface area contributed by atoms with Crippen molar-refractivity contribution in [3.05, 3.63) is 95.1 Å². The first-order valence-corrected chi connectivity index (χ1v) is 10.9. The molecule has 6 nitrogen and oxygen atoms in total. The summed E-state index contributed by atoms with van der Waals surface area (Å²) in [5.41, 5.74) is 5.95. The van der Waals surface area contributed by atoms with Gasteiger partial charge in [0.15, 0.2) is 0 Å². The van der Waals surface area contributed by atoms with Crippen LogP contribution in [-0.2, 0) is 16.1 Å². The number of fused-ring (bicyclic) bond motifs is 1. The van der Waals surface area contributed by atoms with Crippen molar-refractivity contribution in [2.75, 3.05) is 31.3 Å². The quantitative estimate of drug-likeness (QED) is 0.405. The Kier molecular flexibility index (Phi) is 6.56. The number of anilines is 2. The first kappa shape index (κ1) is 22.3. The van der Waals surface area contributed by atoms with Crippen LogP contribution in [0.25, 0.3) is 11.3 Å². The molecule has 0 saturated heterocycles. The molecule has 3 aromatic carbocycles. The lowest BCUT2D eigenvalue weighted by molar-refractivity contribution is -0.110. The fourth-order valence-corrected chi connectivity index (χ4v) is 3.81. The van der Waals surface area contributed by atoms with Crippen molar-refractivity contribution in [2.24, 2.45) is 0 Å². The number of carbonyl (C=O) groups is 2. The molecule has 2 N–H and O–H groups in total. The highest BCUT2D eigenvalue weighted by atomic mass is 16.5. The summed E-state index contributed by atoms with van der Waals surface area (Å²) in [7, 11) is 3.42. The maximum absolute atomic E-state index is 13.1. The minimum atomic E-state index is -0.445. The highest BCUT2D eigenvalue weighted by molar-refractivity contribution is 6.37. The van der Waals surface area contributed by atoms with Crippen LogP contribution >= 0.6 is 0 Å². The summed E-state index contributed by atoms with van der Waals surface area (Å²) < 4.78 is 4.81. The zero-order valence-corrected chi connectivity index (χ0v) is 19.0. The molecule has 1 aliphatic heterocycles. The van der Waals surface area contributed by atoms with E-state index in [1.54, 1.807) is 18.2 Å². The van der Waals surface area contributed by atoms with Crippen LogP contribution in [0.1, 0.15) is 34.0 Å². The number of hydrogen-bond acceptors (Lipinski definition) is 5. The lowest BCUT2D eigenvalue weighted by atomic mass is 9.99. The third-order valence-corrected chi connectivity index (χ3v) is 5.71. The molecular formula is C27H27N3O3. The molecule has 1 heterocycles. The van der Waals surface area contributed by atoms with Gasteiger partial charge in [0.05, 0.1) is 29.6 Å². The molecule has 0 atom stereocenters. The fraction of sp³-hybridized carbons (Fsp3) is 0.185. The molecule has 0 fully saturated rings. The number of hydrogen-bond donors (Lipinski definition) is 2. The normalized spacial score (nSPS) is 14.0. The Bertz CT molecular complexity index is 1200. The SMILES string of the molecule is CCN(C)Cc1ccc(NC(=C2C(=O)Nc3cc(C(=O)OC)ccc32)c2ccccc2)cc1. The molecule has 33 heavy (non-hydrogen) atoms. The highest BCUT2D eigenvalue weighted by Crippen LogP contribution is 2.38. The Balaban J connectivity index is 1.75. The number of nitrogens with one attached hydrogen (secondary N) is 2. The molecule has 168 valence electrons. The summed E-state index contributed by atoms with van der Waals surface area (Å²) >= 11 is 0. The molecule has 0 aliphatic carbocycles. The minimum Gasteiger partial charge on any atom is -0.465 e. The van der Waals surface area contributed by atoms with Crippen LogP contribution in [0, 0.1) is 0 Å². The van der Waals surface area contributed by atoms with Crippen molar-refractivity contribution in [1.29, 1.82) is 0 Å². The van der Waals surface area contributed by atoms with Crippen LogP contribution in [0.2, 0.25) is 0 Å². The number of carbonyl (C=O) groups excluding carboxylic acids is 2. The molecule has 3 aromatic rings. The summed E-state index contributed by atoms with van der Waals surface area (Å²) in [6.45, 7) is 3.99. The Morgan fingerprint density at radius 3 is 2.39 bits per heavy atom. The van der Waals surface area contributed by atoms with Gasteiger partial charge in [-0.25, -0.2) is 4.79 Å². The minimum absolute atomic E-state index is 0.223. The van der Waals surface area contributed by atoms with Gasteiger partial charge in [0.25, 0.3) is 5.91 Å². The molecular weight excluding hydrogens is 414 g/mol. The van der Waals surface area contributed by atoms with Gasteiger partial charge in [-0.2, -0.15) is 0 Å². The van der Waals surface area contributed by atoms with Crippen molar-refractivity contribution in [3.8, 4) is 0 Å².